The van der Waals surface area contributed by atoms with E-state index in [9.17, 15) is 23.5 Å². The smallest absolute Gasteiger partial charge is 0.315 e. The quantitative estimate of drug-likeness (QED) is 0.623. The fourth-order valence-corrected chi connectivity index (χ4v) is 4.96. The summed E-state index contributed by atoms with van der Waals surface area (Å²) in [5.41, 5.74) is 2.94. The number of benzene rings is 2. The molecule has 3 heterocycles. The molecule has 1 fully saturated rings. The molecule has 2 atom stereocenters. The number of fused-ring (bicyclic) bond motifs is 2. The van der Waals surface area contributed by atoms with Crippen LogP contribution in [0, 0.1) is 0 Å². The topological polar surface area (TPSA) is 82.5 Å². The number of rotatable bonds is 7. The van der Waals surface area contributed by atoms with Gasteiger partial charge in [0.2, 0.25) is 6.29 Å². The normalized spacial score (nSPS) is 21.3. The molecule has 192 valence electrons. The largest absolute Gasteiger partial charge is 0.462 e. The van der Waals surface area contributed by atoms with E-state index in [2.05, 4.69) is 17.0 Å². The number of aliphatic hydroxyl groups is 1. The van der Waals surface area contributed by atoms with Gasteiger partial charge >= 0.3 is 6.43 Å². The van der Waals surface area contributed by atoms with Crippen LogP contribution in [0.4, 0.5) is 8.78 Å². The van der Waals surface area contributed by atoms with Crippen LogP contribution in [-0.2, 0) is 22.5 Å². The number of para-hydroxylation sites is 1. The number of hydrogen-bond acceptors (Lipinski definition) is 6. The Balaban J connectivity index is 1.22. The molecule has 2 aromatic rings. The summed E-state index contributed by atoms with van der Waals surface area (Å²) >= 11 is 0. The average molecular weight is 502 g/mol. The molecule has 2 amide bonds. The molecule has 2 aromatic carbocycles. The highest BCUT2D eigenvalue weighted by atomic mass is 19.3. The number of aliphatic hydroxyl groups excluding tert-OH is 1. The highest BCUT2D eigenvalue weighted by Crippen LogP contribution is 2.27. The van der Waals surface area contributed by atoms with E-state index in [-0.39, 0.29) is 32.1 Å². The second kappa shape index (κ2) is 10.5. The maximum atomic E-state index is 13.3. The number of amides is 2. The Morgan fingerprint density at radius 1 is 1.06 bits per heavy atom. The van der Waals surface area contributed by atoms with E-state index in [0.717, 1.165) is 24.4 Å². The van der Waals surface area contributed by atoms with Gasteiger partial charge in [-0.05, 0) is 29.7 Å². The molecule has 0 radical (unpaired) electrons. The number of hydrogen-bond donors (Lipinski definition) is 1. The molecule has 0 bridgehead atoms. The zero-order valence-electron chi connectivity index (χ0n) is 19.8. The molecule has 3 aliphatic rings. The number of likely N-dealkylation sites (tertiary alicyclic amines) is 1. The van der Waals surface area contributed by atoms with Crippen LogP contribution in [0.1, 0.15) is 21.5 Å². The van der Waals surface area contributed by atoms with Crippen molar-refractivity contribution in [1.29, 1.82) is 0 Å². The molecule has 10 heteroatoms. The molecule has 0 aromatic heterocycles. The zero-order valence-corrected chi connectivity index (χ0v) is 19.8. The predicted octanol–water partition coefficient (Wildman–Crippen LogP) is 1.76. The van der Waals surface area contributed by atoms with Gasteiger partial charge in [-0.15, -0.1) is 0 Å². The van der Waals surface area contributed by atoms with Crippen LogP contribution >= 0.6 is 0 Å². The van der Waals surface area contributed by atoms with Crippen LogP contribution in [0.25, 0.3) is 0 Å². The van der Waals surface area contributed by atoms with Gasteiger partial charge in [-0.3, -0.25) is 14.5 Å². The molecule has 0 aliphatic carbocycles. The minimum Gasteiger partial charge on any atom is -0.462 e. The maximum absolute atomic E-state index is 13.3. The number of β-amino-alcohol motifs (C(OH)–C–C–N with tert-alkyl or cyclic N) is 1. The van der Waals surface area contributed by atoms with Crippen molar-refractivity contribution >= 4 is 11.8 Å². The Labute approximate surface area is 208 Å². The Morgan fingerprint density at radius 3 is 2.56 bits per heavy atom. The number of carbonyl (C=O) groups is 2. The monoisotopic (exact) mass is 501 g/mol. The summed E-state index contributed by atoms with van der Waals surface area (Å²) in [5, 5.41) is 10.9. The van der Waals surface area contributed by atoms with E-state index >= 15 is 0 Å². The van der Waals surface area contributed by atoms with E-state index in [4.69, 9.17) is 9.47 Å². The molecule has 8 nitrogen and oxygen atoms in total. The third-order valence-electron chi connectivity index (χ3n) is 6.83. The average Bonchev–Trinajstić information content (AvgIpc) is 2.97. The van der Waals surface area contributed by atoms with Gasteiger partial charge in [-0.25, -0.2) is 0 Å². The van der Waals surface area contributed by atoms with Crippen molar-refractivity contribution in [2.75, 3.05) is 39.3 Å². The van der Waals surface area contributed by atoms with E-state index in [1.165, 1.54) is 16.0 Å². The summed E-state index contributed by atoms with van der Waals surface area (Å²) in [5.74, 6) is -1.14. The SMILES string of the molecule is O=C1c2ccccc2OC(OC2CN(C(=O)C(F)F)C2)CN1C[C@H](O)CN1CCc2ccccc2C1. The second-order valence-electron chi connectivity index (χ2n) is 9.46. The lowest BCUT2D eigenvalue weighted by Gasteiger charge is -2.40. The predicted molar refractivity (Wildman–Crippen MR) is 126 cm³/mol. The van der Waals surface area contributed by atoms with Crippen molar-refractivity contribution in [3.8, 4) is 5.75 Å². The lowest BCUT2D eigenvalue weighted by atomic mass is 10.00. The van der Waals surface area contributed by atoms with E-state index in [1.807, 2.05) is 12.1 Å². The van der Waals surface area contributed by atoms with Gasteiger partial charge in [0.1, 0.15) is 5.75 Å². The number of nitrogens with zero attached hydrogens (tertiary/aromatic N) is 3. The number of carbonyl (C=O) groups excluding carboxylic acids is 2. The molecular weight excluding hydrogens is 472 g/mol. The Morgan fingerprint density at radius 2 is 1.78 bits per heavy atom. The van der Waals surface area contributed by atoms with Gasteiger partial charge in [-0.2, -0.15) is 8.78 Å². The Kier molecular flexibility index (Phi) is 7.17. The van der Waals surface area contributed by atoms with Crippen LogP contribution in [0.5, 0.6) is 5.75 Å². The zero-order chi connectivity index (χ0) is 25.2. The van der Waals surface area contributed by atoms with Gasteiger partial charge in [0.25, 0.3) is 11.8 Å². The van der Waals surface area contributed by atoms with Crippen molar-refractivity contribution in [3.05, 3.63) is 65.2 Å². The minimum atomic E-state index is -3.05. The summed E-state index contributed by atoms with van der Waals surface area (Å²) in [6.45, 7) is 2.22. The highest BCUT2D eigenvalue weighted by molar-refractivity contribution is 5.97. The third-order valence-corrected chi connectivity index (χ3v) is 6.83. The minimum absolute atomic E-state index is 0.0394. The van der Waals surface area contributed by atoms with Gasteiger partial charge < -0.3 is 24.4 Å². The van der Waals surface area contributed by atoms with Crippen molar-refractivity contribution in [2.45, 2.75) is 37.9 Å². The maximum Gasteiger partial charge on any atom is 0.315 e. The third kappa shape index (κ3) is 5.35. The first-order valence-electron chi connectivity index (χ1n) is 12.1. The molecular formula is C26H29F2N3O5. The van der Waals surface area contributed by atoms with Crippen LogP contribution in [-0.4, -0.2) is 95.8 Å². The van der Waals surface area contributed by atoms with Crippen LogP contribution in [0.15, 0.2) is 48.5 Å². The van der Waals surface area contributed by atoms with E-state index in [0.29, 0.717) is 17.9 Å². The lowest BCUT2D eigenvalue weighted by Crippen LogP contribution is -2.58. The molecule has 0 spiro atoms. The summed E-state index contributed by atoms with van der Waals surface area (Å²) in [6.07, 6.45) is -4.25. The van der Waals surface area contributed by atoms with Crippen LogP contribution < -0.4 is 4.74 Å². The number of ether oxygens (including phenoxy) is 2. The molecule has 1 unspecified atom stereocenters. The standard InChI is InChI=1S/C26H29F2N3O5/c27-24(28)26(34)31-14-20(15-31)35-23-16-30(25(33)21-7-3-4-8-22(21)36-23)13-19(32)12-29-10-9-17-5-1-2-6-18(17)11-29/h1-8,19-20,23-24,32H,9-16H2/t19-,23?/m1/s1. The number of halogens is 2. The fourth-order valence-electron chi connectivity index (χ4n) is 4.96. The first-order valence-corrected chi connectivity index (χ1v) is 12.1. The highest BCUT2D eigenvalue weighted by Gasteiger charge is 2.39. The molecule has 36 heavy (non-hydrogen) atoms. The van der Waals surface area contributed by atoms with Gasteiger partial charge in [0.05, 0.1) is 24.3 Å². The molecule has 1 N–H and O–H groups in total. The van der Waals surface area contributed by atoms with Crippen molar-refractivity contribution in [1.82, 2.24) is 14.7 Å². The number of alkyl halides is 2. The summed E-state index contributed by atoms with van der Waals surface area (Å²) < 4.78 is 37.1. The van der Waals surface area contributed by atoms with Crippen molar-refractivity contribution < 1.29 is 33.0 Å². The van der Waals surface area contributed by atoms with E-state index in [1.54, 1.807) is 24.3 Å². The van der Waals surface area contributed by atoms with Crippen molar-refractivity contribution in [3.63, 3.8) is 0 Å². The summed E-state index contributed by atoms with van der Waals surface area (Å²) in [4.78, 5) is 29.4. The van der Waals surface area contributed by atoms with Gasteiger partial charge in [-0.1, -0.05) is 36.4 Å². The van der Waals surface area contributed by atoms with Crippen LogP contribution in [0.3, 0.4) is 0 Å². The second-order valence-corrected chi connectivity index (χ2v) is 9.46. The summed E-state index contributed by atoms with van der Waals surface area (Å²) in [6, 6.07) is 15.1. The molecule has 1 saturated heterocycles. The molecule has 3 aliphatic heterocycles. The van der Waals surface area contributed by atoms with Crippen molar-refractivity contribution in [2.24, 2.45) is 0 Å². The summed E-state index contributed by atoms with van der Waals surface area (Å²) in [7, 11) is 0. The molecule has 5 rings (SSSR count). The lowest BCUT2D eigenvalue weighted by molar-refractivity contribution is -0.181. The first kappa shape index (κ1) is 24.6. The Bertz CT molecular complexity index is 1110. The van der Waals surface area contributed by atoms with Gasteiger partial charge in [0, 0.05) is 39.3 Å². The fraction of sp³-hybridized carbons (Fsp3) is 0.462. The molecule has 0 saturated carbocycles. The Hall–Kier alpha value is -3.08. The van der Waals surface area contributed by atoms with Gasteiger partial charge in [0.15, 0.2) is 0 Å². The van der Waals surface area contributed by atoms with E-state index < -0.39 is 30.8 Å². The van der Waals surface area contributed by atoms with Crippen LogP contribution in [0.2, 0.25) is 0 Å². The first-order chi connectivity index (χ1) is 17.4.